The van der Waals surface area contributed by atoms with Crippen LogP contribution in [0.3, 0.4) is 0 Å². The Kier molecular flexibility index (Phi) is 7.79. The van der Waals surface area contributed by atoms with Crippen LogP contribution in [0.5, 0.6) is 5.75 Å². The number of nitriles is 1. The van der Waals surface area contributed by atoms with Crippen LogP contribution in [-0.4, -0.2) is 38.3 Å². The maximum atomic E-state index is 12.0. The van der Waals surface area contributed by atoms with Crippen LogP contribution in [0.2, 0.25) is 0 Å². The van der Waals surface area contributed by atoms with Gasteiger partial charge in [-0.1, -0.05) is 18.2 Å². The van der Waals surface area contributed by atoms with E-state index in [2.05, 4.69) is 5.32 Å². The predicted octanol–water partition coefficient (Wildman–Crippen LogP) is 3.14. The van der Waals surface area contributed by atoms with Gasteiger partial charge in [0.15, 0.2) is 0 Å². The van der Waals surface area contributed by atoms with E-state index in [4.69, 9.17) is 14.2 Å². The summed E-state index contributed by atoms with van der Waals surface area (Å²) < 4.78 is 15.7. The number of rotatable bonds is 9. The molecule has 0 atom stereocenters. The van der Waals surface area contributed by atoms with Gasteiger partial charge in [0, 0.05) is 0 Å². The standard InChI is InChI=1S/C19H20N2O5S/c1-3-25-19(23)17-13(2)15(11-20)18(27-17)21-16(22)12-24-9-10-26-14-7-5-4-6-8-14/h4-8H,3,9-10,12H2,1-2H3,(H,21,22). The van der Waals surface area contributed by atoms with E-state index in [1.54, 1.807) is 13.8 Å². The number of hydrogen-bond acceptors (Lipinski definition) is 7. The maximum Gasteiger partial charge on any atom is 0.348 e. The van der Waals surface area contributed by atoms with E-state index >= 15 is 0 Å². The second kappa shape index (κ2) is 10.3. The topological polar surface area (TPSA) is 97.7 Å². The lowest BCUT2D eigenvalue weighted by Gasteiger charge is -2.07. The molecule has 0 unspecified atom stereocenters. The summed E-state index contributed by atoms with van der Waals surface area (Å²) in [5, 5.41) is 12.2. The third-order valence-electron chi connectivity index (χ3n) is 3.45. The fourth-order valence-corrected chi connectivity index (χ4v) is 3.26. The van der Waals surface area contributed by atoms with E-state index in [1.807, 2.05) is 36.4 Å². The molecule has 1 amide bonds. The van der Waals surface area contributed by atoms with Crippen molar-refractivity contribution >= 4 is 28.2 Å². The first-order chi connectivity index (χ1) is 13.1. The molecular weight excluding hydrogens is 368 g/mol. The summed E-state index contributed by atoms with van der Waals surface area (Å²) in [4.78, 5) is 24.3. The molecule has 1 heterocycles. The second-order valence-electron chi connectivity index (χ2n) is 5.35. The monoisotopic (exact) mass is 388 g/mol. The van der Waals surface area contributed by atoms with Crippen LogP contribution >= 0.6 is 11.3 Å². The fraction of sp³-hybridized carbons (Fsp3) is 0.316. The van der Waals surface area contributed by atoms with Crippen LogP contribution in [0.25, 0.3) is 0 Å². The van der Waals surface area contributed by atoms with Crippen LogP contribution in [0, 0.1) is 18.3 Å². The van der Waals surface area contributed by atoms with Crippen molar-refractivity contribution in [2.24, 2.45) is 0 Å². The molecule has 1 aromatic carbocycles. The third-order valence-corrected chi connectivity index (χ3v) is 4.63. The molecule has 142 valence electrons. The number of thiophene rings is 1. The summed E-state index contributed by atoms with van der Waals surface area (Å²) in [5.41, 5.74) is 0.747. The van der Waals surface area contributed by atoms with Crippen molar-refractivity contribution in [2.75, 3.05) is 31.7 Å². The molecule has 0 radical (unpaired) electrons. The first-order valence-electron chi connectivity index (χ1n) is 8.32. The Labute approximate surface area is 161 Å². The molecule has 8 heteroatoms. The van der Waals surface area contributed by atoms with Crippen LogP contribution in [0.4, 0.5) is 5.00 Å². The summed E-state index contributed by atoms with van der Waals surface area (Å²) in [6.45, 7) is 3.95. The Balaban J connectivity index is 1.83. The minimum absolute atomic E-state index is 0.186. The number of carbonyl (C=O) groups is 2. The van der Waals surface area contributed by atoms with Gasteiger partial charge in [0.2, 0.25) is 0 Å². The molecule has 0 fully saturated rings. The first-order valence-corrected chi connectivity index (χ1v) is 9.14. The normalized spacial score (nSPS) is 10.1. The summed E-state index contributed by atoms with van der Waals surface area (Å²) >= 11 is 1.02. The molecule has 2 aromatic rings. The maximum absolute atomic E-state index is 12.0. The Morgan fingerprint density at radius 3 is 2.63 bits per heavy atom. The lowest BCUT2D eigenvalue weighted by atomic mass is 10.2. The number of para-hydroxylation sites is 1. The van der Waals surface area contributed by atoms with Gasteiger partial charge in [0.25, 0.3) is 5.91 Å². The summed E-state index contributed by atoms with van der Waals surface area (Å²) in [6.07, 6.45) is 0. The minimum atomic E-state index is -0.508. The van der Waals surface area contributed by atoms with E-state index in [9.17, 15) is 14.9 Å². The molecule has 0 saturated carbocycles. The number of benzene rings is 1. The number of amides is 1. The van der Waals surface area contributed by atoms with E-state index in [0.717, 1.165) is 17.1 Å². The van der Waals surface area contributed by atoms with Crippen molar-refractivity contribution in [3.63, 3.8) is 0 Å². The predicted molar refractivity (Wildman–Crippen MR) is 101 cm³/mol. The van der Waals surface area contributed by atoms with Crippen molar-refractivity contribution in [3.05, 3.63) is 46.3 Å². The Morgan fingerprint density at radius 1 is 1.22 bits per heavy atom. The average molecular weight is 388 g/mol. The van der Waals surface area contributed by atoms with Crippen LogP contribution in [0.15, 0.2) is 30.3 Å². The Bertz CT molecular complexity index is 827. The van der Waals surface area contributed by atoms with Crippen molar-refractivity contribution in [2.45, 2.75) is 13.8 Å². The molecule has 0 bridgehead atoms. The van der Waals surface area contributed by atoms with Gasteiger partial charge in [0.1, 0.15) is 34.9 Å². The molecule has 0 aliphatic rings. The minimum Gasteiger partial charge on any atom is -0.491 e. The van der Waals surface area contributed by atoms with Crippen molar-refractivity contribution in [3.8, 4) is 11.8 Å². The fourth-order valence-electron chi connectivity index (χ4n) is 2.19. The Hall–Kier alpha value is -2.89. The Morgan fingerprint density at radius 2 is 1.96 bits per heavy atom. The van der Waals surface area contributed by atoms with Crippen LogP contribution in [0.1, 0.15) is 27.7 Å². The number of ether oxygens (including phenoxy) is 3. The largest absolute Gasteiger partial charge is 0.491 e. The lowest BCUT2D eigenvalue weighted by molar-refractivity contribution is -0.120. The highest BCUT2D eigenvalue weighted by Gasteiger charge is 2.22. The molecule has 1 aromatic heterocycles. The van der Waals surface area contributed by atoms with E-state index < -0.39 is 11.9 Å². The summed E-state index contributed by atoms with van der Waals surface area (Å²) in [5.74, 6) is -0.195. The van der Waals surface area contributed by atoms with Gasteiger partial charge in [-0.2, -0.15) is 5.26 Å². The number of esters is 1. The first kappa shape index (κ1) is 20.4. The van der Waals surface area contributed by atoms with Gasteiger partial charge in [-0.3, -0.25) is 4.79 Å². The zero-order chi connectivity index (χ0) is 19.6. The molecule has 7 nitrogen and oxygen atoms in total. The highest BCUT2D eigenvalue weighted by Crippen LogP contribution is 2.32. The van der Waals surface area contributed by atoms with Crippen molar-refractivity contribution in [1.82, 2.24) is 0 Å². The summed E-state index contributed by atoms with van der Waals surface area (Å²) in [7, 11) is 0. The van der Waals surface area contributed by atoms with E-state index in [0.29, 0.717) is 22.0 Å². The summed E-state index contributed by atoms with van der Waals surface area (Å²) in [6, 6.07) is 11.3. The molecule has 0 spiro atoms. The molecule has 2 rings (SSSR count). The lowest BCUT2D eigenvalue weighted by Crippen LogP contribution is -2.20. The zero-order valence-corrected chi connectivity index (χ0v) is 15.9. The van der Waals surface area contributed by atoms with Gasteiger partial charge in [-0.15, -0.1) is 11.3 Å². The molecule has 1 N–H and O–H groups in total. The highest BCUT2D eigenvalue weighted by molar-refractivity contribution is 7.18. The van der Waals surface area contributed by atoms with Gasteiger partial charge >= 0.3 is 5.97 Å². The number of hydrogen-bond donors (Lipinski definition) is 1. The number of nitrogens with one attached hydrogen (secondary N) is 1. The van der Waals surface area contributed by atoms with Crippen molar-refractivity contribution < 1.29 is 23.8 Å². The highest BCUT2D eigenvalue weighted by atomic mass is 32.1. The SMILES string of the molecule is CCOC(=O)c1sc(NC(=O)COCCOc2ccccc2)c(C#N)c1C. The van der Waals surface area contributed by atoms with Crippen molar-refractivity contribution in [1.29, 1.82) is 5.26 Å². The third kappa shape index (κ3) is 5.81. The van der Waals surface area contributed by atoms with Gasteiger partial charge in [0.05, 0.1) is 18.8 Å². The van der Waals surface area contributed by atoms with Crippen LogP contribution < -0.4 is 10.1 Å². The van der Waals surface area contributed by atoms with Crippen LogP contribution in [-0.2, 0) is 14.3 Å². The van der Waals surface area contributed by atoms with E-state index in [1.165, 1.54) is 0 Å². The smallest absolute Gasteiger partial charge is 0.348 e. The second-order valence-corrected chi connectivity index (χ2v) is 6.38. The molecule has 0 aliphatic heterocycles. The quantitative estimate of drug-likeness (QED) is 0.523. The van der Waals surface area contributed by atoms with E-state index in [-0.39, 0.29) is 25.4 Å². The van der Waals surface area contributed by atoms with Gasteiger partial charge in [-0.05, 0) is 31.5 Å². The van der Waals surface area contributed by atoms with Gasteiger partial charge in [-0.25, -0.2) is 4.79 Å². The molecule has 27 heavy (non-hydrogen) atoms. The molecule has 0 aliphatic carbocycles. The number of anilines is 1. The van der Waals surface area contributed by atoms with Gasteiger partial charge < -0.3 is 19.5 Å². The number of nitrogens with zero attached hydrogens (tertiary/aromatic N) is 1. The average Bonchev–Trinajstić information content (AvgIpc) is 2.97. The molecule has 0 saturated heterocycles. The number of carbonyl (C=O) groups excluding carboxylic acids is 2. The zero-order valence-electron chi connectivity index (χ0n) is 15.1. The molecular formula is C19H20N2O5S.